The third kappa shape index (κ3) is 3.63. The van der Waals surface area contributed by atoms with E-state index in [-0.39, 0.29) is 30.9 Å². The van der Waals surface area contributed by atoms with Gasteiger partial charge in [-0.2, -0.15) is 0 Å². The summed E-state index contributed by atoms with van der Waals surface area (Å²) in [5.41, 5.74) is 0. The number of nitrogens with one attached hydrogen (secondary N) is 1. The molecule has 2 atom stereocenters. The Morgan fingerprint density at radius 2 is 1.81 bits per heavy atom. The number of aliphatic hydroxyl groups excluding tert-OH is 1. The van der Waals surface area contributed by atoms with E-state index in [4.69, 9.17) is 5.11 Å². The average Bonchev–Trinajstić information content (AvgIpc) is 2.80. The number of hydrogen-bond acceptors (Lipinski definition) is 4. The zero-order valence-electron chi connectivity index (χ0n) is 12.0. The number of aliphatic carboxylic acids is 1. The SMILES string of the molecule is CC(=O)NC1CCN(C(=O)N2CC(O)C[C@H]2C(=O)O)CC1. The van der Waals surface area contributed by atoms with Gasteiger partial charge in [-0.05, 0) is 12.8 Å². The zero-order chi connectivity index (χ0) is 15.6. The van der Waals surface area contributed by atoms with Crippen molar-refractivity contribution in [2.75, 3.05) is 19.6 Å². The molecule has 0 aromatic carbocycles. The lowest BCUT2D eigenvalue weighted by Crippen LogP contribution is -2.52. The number of aliphatic hydroxyl groups is 1. The number of carbonyl (C=O) groups is 3. The van der Waals surface area contributed by atoms with Crippen molar-refractivity contribution in [2.45, 2.75) is 44.4 Å². The Hall–Kier alpha value is -1.83. The van der Waals surface area contributed by atoms with E-state index < -0.39 is 18.1 Å². The summed E-state index contributed by atoms with van der Waals surface area (Å²) in [4.78, 5) is 37.3. The number of piperidine rings is 1. The van der Waals surface area contributed by atoms with Gasteiger partial charge >= 0.3 is 12.0 Å². The van der Waals surface area contributed by atoms with Crippen LogP contribution in [0.3, 0.4) is 0 Å². The predicted octanol–water partition coefficient (Wildman–Crippen LogP) is -0.773. The summed E-state index contributed by atoms with van der Waals surface area (Å²) in [6.07, 6.45) is 0.592. The summed E-state index contributed by atoms with van der Waals surface area (Å²) in [5.74, 6) is -1.18. The molecule has 0 bridgehead atoms. The molecule has 2 fully saturated rings. The molecule has 21 heavy (non-hydrogen) atoms. The van der Waals surface area contributed by atoms with Crippen LogP contribution >= 0.6 is 0 Å². The number of rotatable bonds is 2. The van der Waals surface area contributed by atoms with Crippen LogP contribution in [0.25, 0.3) is 0 Å². The van der Waals surface area contributed by atoms with Crippen molar-refractivity contribution >= 4 is 17.9 Å². The smallest absolute Gasteiger partial charge is 0.326 e. The molecule has 0 aromatic heterocycles. The van der Waals surface area contributed by atoms with Gasteiger partial charge in [0.2, 0.25) is 5.91 Å². The van der Waals surface area contributed by atoms with E-state index in [1.54, 1.807) is 4.90 Å². The van der Waals surface area contributed by atoms with Gasteiger partial charge in [0, 0.05) is 39.0 Å². The molecule has 8 nitrogen and oxygen atoms in total. The maximum absolute atomic E-state index is 12.4. The molecule has 8 heteroatoms. The minimum absolute atomic E-state index is 0.0570. The van der Waals surface area contributed by atoms with Crippen molar-refractivity contribution in [2.24, 2.45) is 0 Å². The molecule has 2 aliphatic rings. The molecular formula is C13H21N3O5. The molecule has 0 radical (unpaired) electrons. The van der Waals surface area contributed by atoms with Crippen LogP contribution in [0.4, 0.5) is 4.79 Å². The first-order valence-electron chi connectivity index (χ1n) is 7.12. The van der Waals surface area contributed by atoms with Crippen molar-refractivity contribution in [1.82, 2.24) is 15.1 Å². The van der Waals surface area contributed by atoms with Gasteiger partial charge in [-0.15, -0.1) is 0 Å². The van der Waals surface area contributed by atoms with Gasteiger partial charge in [-0.1, -0.05) is 0 Å². The number of carboxylic acid groups (broad SMARTS) is 1. The molecule has 2 heterocycles. The summed E-state index contributed by atoms with van der Waals surface area (Å²) < 4.78 is 0. The third-order valence-electron chi connectivity index (χ3n) is 3.98. The van der Waals surface area contributed by atoms with Gasteiger partial charge in [-0.3, -0.25) is 4.79 Å². The van der Waals surface area contributed by atoms with E-state index >= 15 is 0 Å². The number of hydrogen-bond donors (Lipinski definition) is 3. The van der Waals surface area contributed by atoms with Gasteiger partial charge in [-0.25, -0.2) is 9.59 Å². The highest BCUT2D eigenvalue weighted by Gasteiger charge is 2.41. The van der Waals surface area contributed by atoms with E-state index in [2.05, 4.69) is 5.32 Å². The van der Waals surface area contributed by atoms with E-state index in [0.29, 0.717) is 25.9 Å². The predicted molar refractivity (Wildman–Crippen MR) is 72.6 cm³/mol. The van der Waals surface area contributed by atoms with Crippen molar-refractivity contribution in [1.29, 1.82) is 0 Å². The number of nitrogens with zero attached hydrogens (tertiary/aromatic N) is 2. The van der Waals surface area contributed by atoms with Crippen LogP contribution in [-0.4, -0.2) is 75.7 Å². The molecule has 0 aliphatic carbocycles. The van der Waals surface area contributed by atoms with Crippen LogP contribution in [0, 0.1) is 0 Å². The van der Waals surface area contributed by atoms with Gasteiger partial charge in [0.05, 0.1) is 6.10 Å². The van der Waals surface area contributed by atoms with Crippen molar-refractivity contribution < 1.29 is 24.6 Å². The highest BCUT2D eigenvalue weighted by molar-refractivity contribution is 5.83. The maximum atomic E-state index is 12.4. The Labute approximate surface area is 122 Å². The summed E-state index contributed by atoms with van der Waals surface area (Å²) >= 11 is 0. The molecule has 3 N–H and O–H groups in total. The minimum Gasteiger partial charge on any atom is -0.480 e. The molecular weight excluding hydrogens is 278 g/mol. The van der Waals surface area contributed by atoms with Gasteiger partial charge < -0.3 is 25.3 Å². The second kappa shape index (κ2) is 6.30. The second-order valence-corrected chi connectivity index (χ2v) is 5.64. The van der Waals surface area contributed by atoms with E-state index in [9.17, 15) is 19.5 Å². The third-order valence-corrected chi connectivity index (χ3v) is 3.98. The highest BCUT2D eigenvalue weighted by Crippen LogP contribution is 2.21. The summed E-state index contributed by atoms with van der Waals surface area (Å²) in [7, 11) is 0. The molecule has 1 unspecified atom stereocenters. The lowest BCUT2D eigenvalue weighted by Gasteiger charge is -2.35. The first-order chi connectivity index (χ1) is 9.88. The van der Waals surface area contributed by atoms with Crippen LogP contribution in [0.2, 0.25) is 0 Å². The quantitative estimate of drug-likeness (QED) is 0.620. The molecule has 2 aliphatic heterocycles. The van der Waals surface area contributed by atoms with Crippen LogP contribution < -0.4 is 5.32 Å². The van der Waals surface area contributed by atoms with Crippen LogP contribution in [-0.2, 0) is 9.59 Å². The number of likely N-dealkylation sites (tertiary alicyclic amines) is 2. The Morgan fingerprint density at radius 3 is 2.33 bits per heavy atom. The topological polar surface area (TPSA) is 110 Å². The first kappa shape index (κ1) is 15.6. The van der Waals surface area contributed by atoms with Crippen LogP contribution in [0.5, 0.6) is 0 Å². The Balaban J connectivity index is 1.92. The molecule has 118 valence electrons. The van der Waals surface area contributed by atoms with Crippen LogP contribution in [0.1, 0.15) is 26.2 Å². The largest absolute Gasteiger partial charge is 0.480 e. The van der Waals surface area contributed by atoms with Crippen molar-refractivity contribution in [3.8, 4) is 0 Å². The number of β-amino-alcohol motifs (C(OH)–C–C–N with tert-alkyl or cyclic N) is 1. The molecule has 2 rings (SSSR count). The Kier molecular flexibility index (Phi) is 4.66. The number of carbonyl (C=O) groups excluding carboxylic acids is 2. The van der Waals surface area contributed by atoms with E-state index in [1.807, 2.05) is 0 Å². The molecule has 0 saturated carbocycles. The summed E-state index contributed by atoms with van der Waals surface area (Å²) in [5, 5.41) is 21.5. The zero-order valence-corrected chi connectivity index (χ0v) is 12.0. The monoisotopic (exact) mass is 299 g/mol. The number of carboxylic acids is 1. The van der Waals surface area contributed by atoms with Gasteiger partial charge in [0.1, 0.15) is 6.04 Å². The van der Waals surface area contributed by atoms with E-state index in [1.165, 1.54) is 11.8 Å². The Morgan fingerprint density at radius 1 is 1.19 bits per heavy atom. The summed E-state index contributed by atoms with van der Waals surface area (Å²) in [6.45, 7) is 2.47. The number of urea groups is 1. The number of amides is 3. The van der Waals surface area contributed by atoms with Crippen LogP contribution in [0.15, 0.2) is 0 Å². The fourth-order valence-electron chi connectivity index (χ4n) is 2.94. The molecule has 0 spiro atoms. The highest BCUT2D eigenvalue weighted by atomic mass is 16.4. The Bertz CT molecular complexity index is 434. The fourth-order valence-corrected chi connectivity index (χ4v) is 2.94. The molecule has 0 aromatic rings. The summed E-state index contributed by atoms with van der Waals surface area (Å²) in [6, 6.07) is -1.24. The van der Waals surface area contributed by atoms with Gasteiger partial charge in [0.25, 0.3) is 0 Å². The first-order valence-corrected chi connectivity index (χ1v) is 7.12. The second-order valence-electron chi connectivity index (χ2n) is 5.64. The lowest BCUT2D eigenvalue weighted by molar-refractivity contribution is -0.141. The van der Waals surface area contributed by atoms with Crippen molar-refractivity contribution in [3.63, 3.8) is 0 Å². The van der Waals surface area contributed by atoms with Crippen molar-refractivity contribution in [3.05, 3.63) is 0 Å². The average molecular weight is 299 g/mol. The van der Waals surface area contributed by atoms with Gasteiger partial charge in [0.15, 0.2) is 0 Å². The molecule has 3 amide bonds. The molecule has 2 saturated heterocycles. The standard InChI is InChI=1S/C13H21N3O5/c1-8(17)14-9-2-4-15(5-3-9)13(21)16-7-10(18)6-11(16)12(19)20/h9-11,18H,2-7H2,1H3,(H,14,17)(H,19,20)/t10?,11-/m0/s1. The normalized spacial score (nSPS) is 26.8. The lowest BCUT2D eigenvalue weighted by atomic mass is 10.1. The minimum atomic E-state index is -1.09. The maximum Gasteiger partial charge on any atom is 0.326 e. The van der Waals surface area contributed by atoms with E-state index in [0.717, 1.165) is 0 Å². The fraction of sp³-hybridized carbons (Fsp3) is 0.769.